The monoisotopic (exact) mass is 470 g/mol. The van der Waals surface area contributed by atoms with Gasteiger partial charge >= 0.3 is 6.03 Å². The number of imide groups is 1. The zero-order valence-electron chi connectivity index (χ0n) is 21.2. The Morgan fingerprint density at radius 1 is 1.06 bits per heavy atom. The number of amides is 3. The van der Waals surface area contributed by atoms with E-state index >= 15 is 0 Å². The maximum atomic E-state index is 13.6. The number of benzene rings is 1. The minimum Gasteiger partial charge on any atom is -0.376 e. The molecule has 7 heteroatoms. The third-order valence-electron chi connectivity index (χ3n) is 8.01. The van der Waals surface area contributed by atoms with E-state index in [9.17, 15) is 9.59 Å². The van der Waals surface area contributed by atoms with Crippen molar-refractivity contribution in [3.05, 3.63) is 29.8 Å². The maximum Gasteiger partial charge on any atom is 0.325 e. The highest BCUT2D eigenvalue weighted by molar-refractivity contribution is 6.07. The van der Waals surface area contributed by atoms with Crippen molar-refractivity contribution >= 4 is 17.6 Å². The summed E-state index contributed by atoms with van der Waals surface area (Å²) in [6.45, 7) is 12.4. The van der Waals surface area contributed by atoms with Gasteiger partial charge in [-0.25, -0.2) is 4.79 Å². The van der Waals surface area contributed by atoms with Crippen LogP contribution in [-0.4, -0.2) is 72.7 Å². The van der Waals surface area contributed by atoms with Gasteiger partial charge in [0, 0.05) is 31.9 Å². The van der Waals surface area contributed by atoms with Gasteiger partial charge in [0.2, 0.25) is 0 Å². The first-order chi connectivity index (χ1) is 16.5. The molecule has 7 nitrogen and oxygen atoms in total. The van der Waals surface area contributed by atoms with Crippen molar-refractivity contribution in [1.29, 1.82) is 0 Å². The van der Waals surface area contributed by atoms with Gasteiger partial charge in [-0.1, -0.05) is 25.5 Å². The van der Waals surface area contributed by atoms with E-state index in [-0.39, 0.29) is 24.0 Å². The summed E-state index contributed by atoms with van der Waals surface area (Å²) in [5, 5.41) is 3.16. The Labute approximate surface area is 204 Å². The van der Waals surface area contributed by atoms with Crippen LogP contribution in [0.1, 0.15) is 64.9 Å². The van der Waals surface area contributed by atoms with Crippen molar-refractivity contribution in [1.82, 2.24) is 15.1 Å². The summed E-state index contributed by atoms with van der Waals surface area (Å²) >= 11 is 0. The highest BCUT2D eigenvalue weighted by Crippen LogP contribution is 2.37. The van der Waals surface area contributed by atoms with E-state index in [1.54, 1.807) is 0 Å². The number of nitrogens with one attached hydrogen (secondary N) is 1. The van der Waals surface area contributed by atoms with Gasteiger partial charge in [0.25, 0.3) is 5.91 Å². The van der Waals surface area contributed by atoms with Crippen LogP contribution in [0.5, 0.6) is 0 Å². The molecule has 3 aliphatic heterocycles. The van der Waals surface area contributed by atoms with Crippen molar-refractivity contribution in [2.24, 2.45) is 5.92 Å². The molecule has 1 aromatic rings. The highest BCUT2D eigenvalue weighted by atomic mass is 16.5. The molecule has 3 aliphatic rings. The standard InChI is InChI=1S/C27H42N4O3/c1-4-15-27(25(32)31(26(33)28-27)20-24-8-7-18-34-24)22-13-16-29(17-14-22)19-21-9-11-23(12-10-21)30(5-2)6-3/h9-12,22,24H,4-8,13-20H2,1-3H3,(H,28,33). The van der Waals surface area contributed by atoms with E-state index in [0.717, 1.165) is 71.4 Å². The third kappa shape index (κ3) is 5.10. The van der Waals surface area contributed by atoms with Crippen LogP contribution in [0.25, 0.3) is 0 Å². The molecule has 3 saturated heterocycles. The number of rotatable bonds is 10. The molecular weight excluding hydrogens is 428 g/mol. The predicted molar refractivity (Wildman–Crippen MR) is 135 cm³/mol. The van der Waals surface area contributed by atoms with Crippen LogP contribution in [0.3, 0.4) is 0 Å². The molecule has 3 heterocycles. The van der Waals surface area contributed by atoms with E-state index < -0.39 is 5.54 Å². The summed E-state index contributed by atoms with van der Waals surface area (Å²) in [7, 11) is 0. The summed E-state index contributed by atoms with van der Waals surface area (Å²) in [5.41, 5.74) is 1.85. The number of carbonyl (C=O) groups excluding carboxylic acids is 2. The number of likely N-dealkylation sites (tertiary alicyclic amines) is 1. The number of nitrogens with zero attached hydrogens (tertiary/aromatic N) is 3. The molecule has 0 aromatic heterocycles. The second kappa shape index (κ2) is 11.1. The highest BCUT2D eigenvalue weighted by Gasteiger charge is 2.55. The second-order valence-electron chi connectivity index (χ2n) is 10.1. The van der Waals surface area contributed by atoms with Crippen molar-refractivity contribution in [3.63, 3.8) is 0 Å². The van der Waals surface area contributed by atoms with E-state index in [2.05, 4.69) is 60.2 Å². The summed E-state index contributed by atoms with van der Waals surface area (Å²) in [4.78, 5) is 32.7. The molecule has 0 bridgehead atoms. The van der Waals surface area contributed by atoms with Gasteiger partial charge in [0.1, 0.15) is 5.54 Å². The summed E-state index contributed by atoms with van der Waals surface area (Å²) in [6, 6.07) is 8.69. The Hall–Kier alpha value is -2.12. The Balaban J connectivity index is 1.36. The van der Waals surface area contributed by atoms with E-state index in [1.165, 1.54) is 16.2 Å². The summed E-state index contributed by atoms with van der Waals surface area (Å²) in [5.74, 6) is 0.153. The van der Waals surface area contributed by atoms with Crippen LogP contribution in [0, 0.1) is 5.92 Å². The SMILES string of the molecule is CCCC1(C2CCN(Cc3ccc(N(CC)CC)cc3)CC2)NC(=O)N(CC2CCCO2)C1=O. The smallest absolute Gasteiger partial charge is 0.325 e. The largest absolute Gasteiger partial charge is 0.376 e. The number of hydrogen-bond acceptors (Lipinski definition) is 5. The Morgan fingerprint density at radius 3 is 2.35 bits per heavy atom. The molecule has 3 fully saturated rings. The molecule has 0 radical (unpaired) electrons. The average molecular weight is 471 g/mol. The Bertz CT molecular complexity index is 827. The molecule has 0 spiro atoms. The molecule has 0 saturated carbocycles. The van der Waals surface area contributed by atoms with Crippen LogP contribution < -0.4 is 10.2 Å². The van der Waals surface area contributed by atoms with Crippen LogP contribution in [-0.2, 0) is 16.1 Å². The fourth-order valence-corrected chi connectivity index (χ4v) is 6.09. The molecule has 3 amide bonds. The third-order valence-corrected chi connectivity index (χ3v) is 8.01. The van der Waals surface area contributed by atoms with Gasteiger partial charge in [0.15, 0.2) is 0 Å². The van der Waals surface area contributed by atoms with Gasteiger partial charge in [-0.15, -0.1) is 0 Å². The zero-order chi connectivity index (χ0) is 24.1. The first-order valence-electron chi connectivity index (χ1n) is 13.3. The zero-order valence-corrected chi connectivity index (χ0v) is 21.2. The fraction of sp³-hybridized carbons (Fsp3) is 0.704. The lowest BCUT2D eigenvalue weighted by atomic mass is 9.74. The quantitative estimate of drug-likeness (QED) is 0.524. The van der Waals surface area contributed by atoms with Gasteiger partial charge < -0.3 is 15.0 Å². The summed E-state index contributed by atoms with van der Waals surface area (Å²) in [6.07, 6.45) is 5.35. The molecule has 34 heavy (non-hydrogen) atoms. The molecule has 188 valence electrons. The molecule has 0 aliphatic carbocycles. The molecule has 1 aromatic carbocycles. The topological polar surface area (TPSA) is 65.1 Å². The van der Waals surface area contributed by atoms with Crippen molar-refractivity contribution in [2.75, 3.05) is 44.2 Å². The fourth-order valence-electron chi connectivity index (χ4n) is 6.09. The van der Waals surface area contributed by atoms with E-state index in [1.807, 2.05) is 0 Å². The number of urea groups is 1. The second-order valence-corrected chi connectivity index (χ2v) is 10.1. The molecule has 2 unspecified atom stereocenters. The predicted octanol–water partition coefficient (Wildman–Crippen LogP) is 4.01. The Kier molecular flexibility index (Phi) is 8.14. The van der Waals surface area contributed by atoms with Gasteiger partial charge in [-0.05, 0) is 82.7 Å². The van der Waals surface area contributed by atoms with Crippen LogP contribution >= 0.6 is 0 Å². The van der Waals surface area contributed by atoms with Crippen molar-refractivity contribution in [2.45, 2.75) is 77.5 Å². The van der Waals surface area contributed by atoms with Crippen LogP contribution in [0.15, 0.2) is 24.3 Å². The number of carbonyl (C=O) groups is 2. The summed E-state index contributed by atoms with van der Waals surface area (Å²) < 4.78 is 5.71. The Morgan fingerprint density at radius 2 is 1.76 bits per heavy atom. The molecule has 2 atom stereocenters. The maximum absolute atomic E-state index is 13.6. The van der Waals surface area contributed by atoms with Crippen LogP contribution in [0.4, 0.5) is 10.5 Å². The minimum absolute atomic E-state index is 0.0119. The normalized spacial score (nSPS) is 26.3. The lowest BCUT2D eigenvalue weighted by Crippen LogP contribution is -2.56. The van der Waals surface area contributed by atoms with Gasteiger partial charge in [-0.2, -0.15) is 0 Å². The molecular formula is C27H42N4O3. The number of anilines is 1. The molecule has 1 N–H and O–H groups in total. The van der Waals surface area contributed by atoms with Crippen molar-refractivity contribution in [3.8, 4) is 0 Å². The van der Waals surface area contributed by atoms with Gasteiger partial charge in [0.05, 0.1) is 12.6 Å². The van der Waals surface area contributed by atoms with Crippen LogP contribution in [0.2, 0.25) is 0 Å². The number of ether oxygens (including phenoxy) is 1. The average Bonchev–Trinajstić information content (AvgIpc) is 3.45. The first-order valence-corrected chi connectivity index (χ1v) is 13.3. The van der Waals surface area contributed by atoms with E-state index in [4.69, 9.17) is 4.74 Å². The van der Waals surface area contributed by atoms with Crippen molar-refractivity contribution < 1.29 is 14.3 Å². The van der Waals surface area contributed by atoms with E-state index in [0.29, 0.717) is 13.0 Å². The number of hydrogen-bond donors (Lipinski definition) is 1. The minimum atomic E-state index is -0.748. The first kappa shape index (κ1) is 25.0. The molecule has 4 rings (SSSR count). The lowest BCUT2D eigenvalue weighted by molar-refractivity contribution is -0.135. The number of piperidine rings is 1. The lowest BCUT2D eigenvalue weighted by Gasteiger charge is -2.41. The van der Waals surface area contributed by atoms with Gasteiger partial charge in [-0.3, -0.25) is 14.6 Å².